The highest BCUT2D eigenvalue weighted by Gasteiger charge is 2.31. The van der Waals surface area contributed by atoms with E-state index in [4.69, 9.17) is 21.1 Å². The summed E-state index contributed by atoms with van der Waals surface area (Å²) in [6.07, 6.45) is -4.85. The van der Waals surface area contributed by atoms with Crippen molar-refractivity contribution < 1.29 is 30.3 Å². The van der Waals surface area contributed by atoms with Gasteiger partial charge in [0.05, 0.1) is 25.8 Å². The summed E-state index contributed by atoms with van der Waals surface area (Å²) in [5.74, 6) is -0.621. The van der Waals surface area contributed by atoms with Crippen LogP contribution in [0.15, 0.2) is 0 Å². The van der Waals surface area contributed by atoms with E-state index in [0.717, 1.165) is 0 Å². The number of aliphatic hydroxyl groups excluding tert-OH is 5. The molecule has 0 aliphatic rings. The average Bonchev–Trinajstić information content (AvgIpc) is 2.32. The second kappa shape index (κ2) is 7.49. The molecule has 0 spiro atoms. The van der Waals surface area contributed by atoms with E-state index in [-0.39, 0.29) is 6.54 Å². The SMILES string of the molecule is NCC(=O)N[C@@H](CO)[C@@H](O)[C@H](O)[C@H](O)CO. The second-order valence-electron chi connectivity index (χ2n) is 3.29. The van der Waals surface area contributed by atoms with Gasteiger partial charge in [-0.2, -0.15) is 0 Å². The van der Waals surface area contributed by atoms with Crippen LogP contribution < -0.4 is 11.1 Å². The van der Waals surface area contributed by atoms with Gasteiger partial charge in [0.25, 0.3) is 0 Å². The molecule has 0 unspecified atom stereocenters. The van der Waals surface area contributed by atoms with E-state index in [1.54, 1.807) is 0 Å². The second-order valence-corrected chi connectivity index (χ2v) is 3.29. The van der Waals surface area contributed by atoms with Gasteiger partial charge in [0.15, 0.2) is 0 Å². The molecule has 0 aromatic carbocycles. The number of hydrogen-bond acceptors (Lipinski definition) is 7. The average molecular weight is 238 g/mol. The first-order chi connectivity index (χ1) is 7.47. The maximum absolute atomic E-state index is 10.9. The molecule has 0 aromatic heterocycles. The minimum absolute atomic E-state index is 0.331. The van der Waals surface area contributed by atoms with Crippen molar-refractivity contribution in [3.05, 3.63) is 0 Å². The van der Waals surface area contributed by atoms with Crippen molar-refractivity contribution in [2.75, 3.05) is 19.8 Å². The first-order valence-electron chi connectivity index (χ1n) is 4.73. The van der Waals surface area contributed by atoms with E-state index in [1.165, 1.54) is 0 Å². The van der Waals surface area contributed by atoms with E-state index < -0.39 is 43.5 Å². The Morgan fingerprint density at radius 3 is 2.06 bits per heavy atom. The van der Waals surface area contributed by atoms with Gasteiger partial charge in [-0.15, -0.1) is 0 Å². The molecule has 8 nitrogen and oxygen atoms in total. The van der Waals surface area contributed by atoms with E-state index in [1.807, 2.05) is 0 Å². The third-order valence-electron chi connectivity index (χ3n) is 2.07. The Bertz CT molecular complexity index is 215. The van der Waals surface area contributed by atoms with Gasteiger partial charge in [-0.05, 0) is 0 Å². The number of rotatable bonds is 7. The maximum Gasteiger partial charge on any atom is 0.234 e. The number of carbonyl (C=O) groups excluding carboxylic acids is 1. The van der Waals surface area contributed by atoms with Gasteiger partial charge in [-0.3, -0.25) is 4.79 Å². The topological polar surface area (TPSA) is 156 Å². The van der Waals surface area contributed by atoms with Crippen molar-refractivity contribution in [3.63, 3.8) is 0 Å². The van der Waals surface area contributed by atoms with Crippen molar-refractivity contribution in [2.24, 2.45) is 5.73 Å². The van der Waals surface area contributed by atoms with E-state index in [9.17, 15) is 15.0 Å². The molecular weight excluding hydrogens is 220 g/mol. The van der Waals surface area contributed by atoms with Gasteiger partial charge in [0.2, 0.25) is 5.91 Å². The number of aliphatic hydroxyl groups is 5. The summed E-state index contributed by atoms with van der Waals surface area (Å²) in [6.45, 7) is -1.72. The Kier molecular flexibility index (Phi) is 7.13. The van der Waals surface area contributed by atoms with Crippen molar-refractivity contribution in [2.45, 2.75) is 24.4 Å². The van der Waals surface area contributed by atoms with Crippen molar-refractivity contribution >= 4 is 5.91 Å². The number of nitrogens with two attached hydrogens (primary N) is 1. The van der Waals surface area contributed by atoms with E-state index in [2.05, 4.69) is 5.32 Å². The largest absolute Gasteiger partial charge is 0.394 e. The molecule has 1 amide bonds. The zero-order chi connectivity index (χ0) is 12.7. The molecule has 0 bridgehead atoms. The molecule has 0 aliphatic carbocycles. The Labute approximate surface area is 92.3 Å². The summed E-state index contributed by atoms with van der Waals surface area (Å²) < 4.78 is 0. The smallest absolute Gasteiger partial charge is 0.234 e. The molecule has 4 atom stereocenters. The monoisotopic (exact) mass is 238 g/mol. The number of nitrogens with one attached hydrogen (secondary N) is 1. The lowest BCUT2D eigenvalue weighted by molar-refractivity contribution is -0.125. The molecule has 0 fully saturated rings. The molecule has 0 radical (unpaired) electrons. The molecule has 16 heavy (non-hydrogen) atoms. The highest BCUT2D eigenvalue weighted by atomic mass is 16.4. The highest BCUT2D eigenvalue weighted by Crippen LogP contribution is 2.04. The fraction of sp³-hybridized carbons (Fsp3) is 0.875. The van der Waals surface area contributed by atoms with Crippen molar-refractivity contribution in [3.8, 4) is 0 Å². The van der Waals surface area contributed by atoms with Crippen LogP contribution in [0.2, 0.25) is 0 Å². The van der Waals surface area contributed by atoms with E-state index >= 15 is 0 Å². The fourth-order valence-corrected chi connectivity index (χ4v) is 1.08. The van der Waals surface area contributed by atoms with Gasteiger partial charge in [0, 0.05) is 0 Å². The lowest BCUT2D eigenvalue weighted by Crippen LogP contribution is -2.55. The summed E-state index contributed by atoms with van der Waals surface area (Å²) >= 11 is 0. The van der Waals surface area contributed by atoms with Crippen LogP contribution in [-0.2, 0) is 4.79 Å². The molecule has 8 N–H and O–H groups in total. The molecule has 0 aliphatic heterocycles. The lowest BCUT2D eigenvalue weighted by Gasteiger charge is -2.28. The Morgan fingerprint density at radius 2 is 1.69 bits per heavy atom. The molecule has 0 rings (SSSR count). The normalized spacial score (nSPS) is 18.6. The number of carbonyl (C=O) groups is 1. The lowest BCUT2D eigenvalue weighted by atomic mass is 10.0. The number of hydrogen-bond donors (Lipinski definition) is 7. The van der Waals surface area contributed by atoms with Crippen LogP contribution in [0.25, 0.3) is 0 Å². The third-order valence-corrected chi connectivity index (χ3v) is 2.07. The molecular formula is C8H18N2O6. The molecule has 96 valence electrons. The van der Waals surface area contributed by atoms with Crippen LogP contribution in [0, 0.1) is 0 Å². The van der Waals surface area contributed by atoms with Crippen LogP contribution >= 0.6 is 0 Å². The summed E-state index contributed by atoms with van der Waals surface area (Å²) in [6, 6.07) is -1.16. The van der Waals surface area contributed by atoms with Gasteiger partial charge in [-0.25, -0.2) is 0 Å². The van der Waals surface area contributed by atoms with Crippen LogP contribution in [0.1, 0.15) is 0 Å². The summed E-state index contributed by atoms with van der Waals surface area (Å²) in [7, 11) is 0. The third kappa shape index (κ3) is 4.39. The van der Waals surface area contributed by atoms with Gasteiger partial charge in [0.1, 0.15) is 18.3 Å². The van der Waals surface area contributed by atoms with Crippen molar-refractivity contribution in [1.29, 1.82) is 0 Å². The van der Waals surface area contributed by atoms with Crippen molar-refractivity contribution in [1.82, 2.24) is 5.32 Å². The quantitative estimate of drug-likeness (QED) is 0.235. The summed E-state index contributed by atoms with van der Waals surface area (Å²) in [4.78, 5) is 10.9. The zero-order valence-corrected chi connectivity index (χ0v) is 8.65. The first-order valence-corrected chi connectivity index (χ1v) is 4.73. The first kappa shape index (κ1) is 15.2. The van der Waals surface area contributed by atoms with Crippen LogP contribution in [0.3, 0.4) is 0 Å². The van der Waals surface area contributed by atoms with E-state index in [0.29, 0.717) is 0 Å². The van der Waals surface area contributed by atoms with Gasteiger partial charge in [-0.1, -0.05) is 0 Å². The zero-order valence-electron chi connectivity index (χ0n) is 8.65. The fourth-order valence-electron chi connectivity index (χ4n) is 1.08. The molecule has 0 saturated carbocycles. The van der Waals surface area contributed by atoms with Crippen LogP contribution in [0.5, 0.6) is 0 Å². The minimum atomic E-state index is -1.68. The predicted octanol–water partition coefficient (Wildman–Crippen LogP) is -4.50. The maximum atomic E-state index is 10.9. The summed E-state index contributed by atoms with van der Waals surface area (Å²) in [5, 5.41) is 47.4. The van der Waals surface area contributed by atoms with Crippen LogP contribution in [0.4, 0.5) is 0 Å². The molecule has 0 saturated heterocycles. The molecule has 0 heterocycles. The van der Waals surface area contributed by atoms with Gasteiger partial charge < -0.3 is 36.6 Å². The van der Waals surface area contributed by atoms with Crippen LogP contribution in [-0.4, -0.2) is 75.6 Å². The molecule has 0 aromatic rings. The highest BCUT2D eigenvalue weighted by molar-refractivity contribution is 5.78. The summed E-state index contributed by atoms with van der Waals surface area (Å²) in [5.41, 5.74) is 5.01. The minimum Gasteiger partial charge on any atom is -0.394 e. The Hall–Kier alpha value is -0.770. The molecule has 8 heteroatoms. The number of amides is 1. The predicted molar refractivity (Wildman–Crippen MR) is 53.2 cm³/mol. The van der Waals surface area contributed by atoms with Gasteiger partial charge >= 0.3 is 0 Å². The Morgan fingerprint density at radius 1 is 1.12 bits per heavy atom. The Balaban J connectivity index is 4.39. The standard InChI is InChI=1S/C8H18N2O6/c9-1-6(14)10-4(2-11)7(15)8(16)5(13)3-12/h4-5,7-8,11-13,15-16H,1-3,9H2,(H,10,14)/t4-,5+,7+,8+/m0/s1.